The fraction of sp³-hybridized carbons (Fsp3) is 0.348. The topological polar surface area (TPSA) is 67.8 Å². The molecule has 0 saturated carbocycles. The molecule has 1 amide bonds. The van der Waals surface area contributed by atoms with Gasteiger partial charge in [-0.2, -0.15) is 0 Å². The van der Waals surface area contributed by atoms with Crippen LogP contribution >= 0.6 is 11.3 Å². The van der Waals surface area contributed by atoms with Crippen molar-refractivity contribution in [2.75, 3.05) is 50.9 Å². The van der Waals surface area contributed by atoms with Crippen molar-refractivity contribution in [3.05, 3.63) is 47.5 Å². The van der Waals surface area contributed by atoms with E-state index >= 15 is 0 Å². The molecular weight excluding hydrogens is 412 g/mol. The normalized spacial score (nSPS) is 16.8. The predicted molar refractivity (Wildman–Crippen MR) is 121 cm³/mol. The molecule has 0 aliphatic carbocycles. The van der Waals surface area contributed by atoms with Gasteiger partial charge in [0.15, 0.2) is 6.61 Å². The zero-order valence-corrected chi connectivity index (χ0v) is 18.2. The largest absolute Gasteiger partial charge is 0.482 e. The lowest BCUT2D eigenvalue weighted by molar-refractivity contribution is -0.121. The van der Waals surface area contributed by atoms with Crippen molar-refractivity contribution in [1.29, 1.82) is 0 Å². The summed E-state index contributed by atoms with van der Waals surface area (Å²) in [7, 11) is 0. The Morgan fingerprint density at radius 2 is 2.00 bits per heavy atom. The number of carbonyl (C=O) groups is 1. The van der Waals surface area contributed by atoms with Crippen LogP contribution in [0.2, 0.25) is 0 Å². The van der Waals surface area contributed by atoms with Gasteiger partial charge in [0.1, 0.15) is 10.8 Å². The van der Waals surface area contributed by atoms with Gasteiger partial charge >= 0.3 is 0 Å². The lowest BCUT2D eigenvalue weighted by Crippen LogP contribution is -2.45. The van der Waals surface area contributed by atoms with E-state index in [1.165, 1.54) is 0 Å². The van der Waals surface area contributed by atoms with Crippen molar-refractivity contribution in [2.45, 2.75) is 6.92 Å². The number of hydrogen-bond donors (Lipinski definition) is 0. The first kappa shape index (κ1) is 20.1. The molecule has 5 rings (SSSR count). The van der Waals surface area contributed by atoms with Crippen LogP contribution in [-0.2, 0) is 9.53 Å². The predicted octanol–water partition coefficient (Wildman–Crippen LogP) is 3.24. The molecule has 0 unspecified atom stereocenters. The highest BCUT2D eigenvalue weighted by Crippen LogP contribution is 2.38. The Bertz CT molecular complexity index is 1080. The summed E-state index contributed by atoms with van der Waals surface area (Å²) in [6.45, 7) is 6.90. The molecule has 2 aromatic heterocycles. The summed E-state index contributed by atoms with van der Waals surface area (Å²) in [4.78, 5) is 27.2. The standard InChI is InChI=1S/C23H24N4O3S/c1-16-22(25-23(31-16)18-4-2-3-7-24-18)17-5-6-20-19(14-17)27(21(28)15-30-20)9-8-26-10-12-29-13-11-26/h2-7,14H,8-13,15H2,1H3. The van der Waals surface area contributed by atoms with Crippen molar-refractivity contribution >= 4 is 22.9 Å². The summed E-state index contributed by atoms with van der Waals surface area (Å²) in [6, 6.07) is 11.8. The Balaban J connectivity index is 1.43. The Labute approximate surface area is 185 Å². The molecule has 0 spiro atoms. The first-order valence-electron chi connectivity index (χ1n) is 10.5. The highest BCUT2D eigenvalue weighted by Gasteiger charge is 2.27. The van der Waals surface area contributed by atoms with Gasteiger partial charge < -0.3 is 14.4 Å². The number of morpholine rings is 1. The quantitative estimate of drug-likeness (QED) is 0.612. The van der Waals surface area contributed by atoms with E-state index in [2.05, 4.69) is 16.8 Å². The van der Waals surface area contributed by atoms with Crippen LogP contribution in [-0.4, -0.2) is 66.8 Å². The molecule has 8 heteroatoms. The highest BCUT2D eigenvalue weighted by atomic mass is 32.1. The Kier molecular flexibility index (Phi) is 5.67. The molecular formula is C23H24N4O3S. The van der Waals surface area contributed by atoms with Gasteiger partial charge in [0.2, 0.25) is 0 Å². The smallest absolute Gasteiger partial charge is 0.265 e. The van der Waals surface area contributed by atoms with Crippen LogP contribution < -0.4 is 9.64 Å². The van der Waals surface area contributed by atoms with Crippen molar-refractivity contribution in [3.63, 3.8) is 0 Å². The fourth-order valence-corrected chi connectivity index (χ4v) is 4.84. The minimum Gasteiger partial charge on any atom is -0.482 e. The monoisotopic (exact) mass is 436 g/mol. The van der Waals surface area contributed by atoms with E-state index in [1.807, 2.05) is 41.3 Å². The van der Waals surface area contributed by atoms with Gasteiger partial charge in [-0.1, -0.05) is 6.07 Å². The SMILES string of the molecule is Cc1sc(-c2ccccn2)nc1-c1ccc2c(c1)N(CCN1CCOCC1)C(=O)CO2. The van der Waals surface area contributed by atoms with Crippen LogP contribution in [0.3, 0.4) is 0 Å². The average Bonchev–Trinajstić information content (AvgIpc) is 3.21. The number of aromatic nitrogens is 2. The maximum Gasteiger partial charge on any atom is 0.265 e. The molecule has 2 aliphatic rings. The first-order valence-corrected chi connectivity index (χ1v) is 11.3. The van der Waals surface area contributed by atoms with E-state index in [0.717, 1.165) is 71.1 Å². The maximum absolute atomic E-state index is 12.7. The van der Waals surface area contributed by atoms with Crippen LogP contribution in [0.5, 0.6) is 5.75 Å². The number of aryl methyl sites for hydroxylation is 1. The number of nitrogens with zero attached hydrogens (tertiary/aromatic N) is 4. The second kappa shape index (κ2) is 8.74. The summed E-state index contributed by atoms with van der Waals surface area (Å²) in [6.07, 6.45) is 1.78. The summed E-state index contributed by atoms with van der Waals surface area (Å²) in [5.41, 5.74) is 3.57. The lowest BCUT2D eigenvalue weighted by Gasteiger charge is -2.33. The van der Waals surface area contributed by atoms with Crippen LogP contribution in [0.4, 0.5) is 5.69 Å². The minimum absolute atomic E-state index is 0.0120. The number of rotatable bonds is 5. The maximum atomic E-state index is 12.7. The molecule has 0 atom stereocenters. The lowest BCUT2D eigenvalue weighted by atomic mass is 10.1. The molecule has 160 valence electrons. The van der Waals surface area contributed by atoms with Gasteiger partial charge in [0, 0.05) is 42.8 Å². The van der Waals surface area contributed by atoms with Gasteiger partial charge in [-0.3, -0.25) is 14.7 Å². The van der Waals surface area contributed by atoms with E-state index in [-0.39, 0.29) is 12.5 Å². The fourth-order valence-electron chi connectivity index (χ4n) is 3.92. The number of hydrogen-bond acceptors (Lipinski definition) is 7. The Morgan fingerprint density at radius 1 is 1.13 bits per heavy atom. The Hall–Kier alpha value is -2.81. The van der Waals surface area contributed by atoms with E-state index in [4.69, 9.17) is 14.5 Å². The van der Waals surface area contributed by atoms with Gasteiger partial charge in [0.25, 0.3) is 5.91 Å². The van der Waals surface area contributed by atoms with Crippen molar-refractivity contribution in [2.24, 2.45) is 0 Å². The van der Waals surface area contributed by atoms with E-state index in [0.29, 0.717) is 6.54 Å². The van der Waals surface area contributed by atoms with Crippen LogP contribution in [0.1, 0.15) is 4.88 Å². The number of benzene rings is 1. The van der Waals surface area contributed by atoms with Crippen LogP contribution in [0.25, 0.3) is 22.0 Å². The number of anilines is 1. The molecule has 1 aromatic carbocycles. The molecule has 0 radical (unpaired) electrons. The number of ether oxygens (including phenoxy) is 2. The summed E-state index contributed by atoms with van der Waals surface area (Å²) < 4.78 is 11.1. The number of pyridine rings is 1. The van der Waals surface area contributed by atoms with Gasteiger partial charge in [-0.25, -0.2) is 4.98 Å². The molecule has 31 heavy (non-hydrogen) atoms. The highest BCUT2D eigenvalue weighted by molar-refractivity contribution is 7.15. The molecule has 4 heterocycles. The van der Waals surface area contributed by atoms with E-state index < -0.39 is 0 Å². The van der Waals surface area contributed by atoms with Gasteiger partial charge in [-0.05, 0) is 37.3 Å². The number of carbonyl (C=O) groups excluding carboxylic acids is 1. The van der Waals surface area contributed by atoms with E-state index in [1.54, 1.807) is 17.5 Å². The second-order valence-electron chi connectivity index (χ2n) is 7.61. The summed E-state index contributed by atoms with van der Waals surface area (Å²) in [5, 5.41) is 0.891. The molecule has 1 saturated heterocycles. The van der Waals surface area contributed by atoms with Gasteiger partial charge in [-0.15, -0.1) is 11.3 Å². The number of thiazole rings is 1. The molecule has 0 N–H and O–H groups in total. The van der Waals surface area contributed by atoms with Crippen LogP contribution in [0, 0.1) is 6.92 Å². The number of amides is 1. The molecule has 1 fully saturated rings. The summed E-state index contributed by atoms with van der Waals surface area (Å²) >= 11 is 1.63. The Morgan fingerprint density at radius 3 is 2.81 bits per heavy atom. The van der Waals surface area contributed by atoms with Crippen molar-refractivity contribution in [3.8, 4) is 27.7 Å². The average molecular weight is 437 g/mol. The van der Waals surface area contributed by atoms with Crippen LogP contribution in [0.15, 0.2) is 42.6 Å². The molecule has 7 nitrogen and oxygen atoms in total. The third-order valence-corrected chi connectivity index (χ3v) is 6.59. The minimum atomic E-state index is -0.0120. The molecule has 2 aliphatic heterocycles. The van der Waals surface area contributed by atoms with Crippen molar-refractivity contribution in [1.82, 2.24) is 14.9 Å². The van der Waals surface area contributed by atoms with E-state index in [9.17, 15) is 4.79 Å². The third kappa shape index (κ3) is 4.19. The number of fused-ring (bicyclic) bond motifs is 1. The third-order valence-electron chi connectivity index (χ3n) is 5.60. The zero-order valence-electron chi connectivity index (χ0n) is 17.4. The van der Waals surface area contributed by atoms with Crippen molar-refractivity contribution < 1.29 is 14.3 Å². The molecule has 0 bridgehead atoms. The molecule has 3 aromatic rings. The second-order valence-corrected chi connectivity index (χ2v) is 8.81. The summed E-state index contributed by atoms with van der Waals surface area (Å²) in [5.74, 6) is 0.727. The zero-order chi connectivity index (χ0) is 21.2. The first-order chi connectivity index (χ1) is 15.2. The van der Waals surface area contributed by atoms with Gasteiger partial charge in [0.05, 0.1) is 30.3 Å².